The number of imidazole rings is 2. The van der Waals surface area contributed by atoms with Crippen LogP contribution >= 0.6 is 0 Å². The summed E-state index contributed by atoms with van der Waals surface area (Å²) in [6, 6.07) is 0. The highest BCUT2D eigenvalue weighted by Gasteiger charge is 2.19. The van der Waals surface area contributed by atoms with E-state index in [1.54, 1.807) is 49.7 Å². The van der Waals surface area contributed by atoms with Gasteiger partial charge in [-0.3, -0.25) is 29.0 Å². The van der Waals surface area contributed by atoms with E-state index in [4.69, 9.17) is 9.47 Å². The maximum absolute atomic E-state index is 11.4. The van der Waals surface area contributed by atoms with Crippen molar-refractivity contribution in [3.63, 3.8) is 0 Å². The lowest BCUT2D eigenvalue weighted by atomic mass is 10.1. The van der Waals surface area contributed by atoms with Crippen LogP contribution in [0, 0.1) is 0 Å². The molecule has 0 radical (unpaired) electrons. The first-order valence-electron chi connectivity index (χ1n) is 23.2. The van der Waals surface area contributed by atoms with E-state index in [1.807, 2.05) is 110 Å². The third kappa shape index (κ3) is 38.3. The van der Waals surface area contributed by atoms with Crippen LogP contribution in [0.1, 0.15) is 46.5 Å². The van der Waals surface area contributed by atoms with Crippen LogP contribution in [0.25, 0.3) is 11.9 Å². The number of nitrogens with zero attached hydrogens (tertiary/aromatic N) is 10. The van der Waals surface area contributed by atoms with Gasteiger partial charge in [-0.2, -0.15) is 0 Å². The second-order valence-electron chi connectivity index (χ2n) is 17.7. The summed E-state index contributed by atoms with van der Waals surface area (Å²) in [7, 11) is 15.6. The van der Waals surface area contributed by atoms with Gasteiger partial charge in [0.1, 0.15) is 12.2 Å². The first-order valence-corrected chi connectivity index (χ1v) is 23.2. The van der Waals surface area contributed by atoms with Crippen molar-refractivity contribution < 1.29 is 38.2 Å². The van der Waals surface area contributed by atoms with Crippen molar-refractivity contribution in [3.8, 4) is 0 Å². The van der Waals surface area contributed by atoms with Gasteiger partial charge in [-0.25, -0.2) is 19.6 Å². The van der Waals surface area contributed by atoms with Crippen LogP contribution in [-0.2, 0) is 38.2 Å². The van der Waals surface area contributed by atoms with Crippen molar-refractivity contribution in [2.24, 2.45) is 0 Å². The average molecular weight is 995 g/mol. The first-order chi connectivity index (χ1) is 33.3. The van der Waals surface area contributed by atoms with E-state index in [-0.39, 0.29) is 47.5 Å². The summed E-state index contributed by atoms with van der Waals surface area (Å²) < 4.78 is 14.1. The number of rotatable bonds is 24. The minimum atomic E-state index is -0.362. The molecule has 71 heavy (non-hydrogen) atoms. The molecule has 2 aromatic rings. The molecule has 0 spiro atoms. The van der Waals surface area contributed by atoms with Gasteiger partial charge < -0.3 is 48.8 Å². The number of carbonyl (C=O) groups excluding carboxylic acids is 6. The zero-order valence-electron chi connectivity index (χ0n) is 44.7. The SMILES string of the molecule is C=C(C)C(=O)CCCN1CNC(=O)C1.C=C(C)C(=O)OC(CN(C)C)CN(C)C.C=C(C)n1ccnc1.C=CC(=O)CCCN1CNC(=O)C1.C=CC(=O)OC(CN(C)C)CN(C)C.C=Cn1ccnc1. The molecular weight excluding hydrogens is 909 g/mol. The van der Waals surface area contributed by atoms with Crippen LogP contribution in [0.2, 0.25) is 0 Å². The molecule has 2 fully saturated rings. The zero-order chi connectivity index (χ0) is 54.5. The number of nitrogens with one attached hydrogen (secondary N) is 2. The highest BCUT2D eigenvalue weighted by atomic mass is 16.5. The van der Waals surface area contributed by atoms with Crippen molar-refractivity contribution in [1.82, 2.24) is 59.1 Å². The number of hydrogen-bond donors (Lipinski definition) is 2. The summed E-state index contributed by atoms with van der Waals surface area (Å²) in [5.41, 5.74) is 2.04. The fourth-order valence-electron chi connectivity index (χ4n) is 5.82. The lowest BCUT2D eigenvalue weighted by Crippen LogP contribution is -2.38. The topological polar surface area (TPSA) is 200 Å². The molecule has 4 heterocycles. The van der Waals surface area contributed by atoms with Gasteiger partial charge in [0.15, 0.2) is 11.6 Å². The number of aromatic nitrogens is 4. The second kappa shape index (κ2) is 39.5. The predicted octanol–water partition coefficient (Wildman–Crippen LogP) is 3.37. The molecular formula is C51H86N12O8. The quantitative estimate of drug-likeness (QED) is 0.115. The minimum Gasteiger partial charge on any atom is -0.456 e. The number of ketones is 2. The molecule has 0 bridgehead atoms. The van der Waals surface area contributed by atoms with Gasteiger partial charge in [-0.05, 0) is 102 Å². The van der Waals surface area contributed by atoms with E-state index in [1.165, 1.54) is 12.2 Å². The Balaban J connectivity index is 0. The van der Waals surface area contributed by atoms with Gasteiger partial charge in [0.05, 0.1) is 39.1 Å². The maximum Gasteiger partial charge on any atom is 0.333 e. The van der Waals surface area contributed by atoms with E-state index in [0.29, 0.717) is 50.4 Å². The molecule has 2 saturated heterocycles. The molecule has 2 aliphatic rings. The fourth-order valence-corrected chi connectivity index (χ4v) is 5.82. The number of esters is 2. The van der Waals surface area contributed by atoms with Gasteiger partial charge in [-0.15, -0.1) is 0 Å². The third-order valence-electron chi connectivity index (χ3n) is 9.24. The Hall–Kier alpha value is -6.16. The predicted molar refractivity (Wildman–Crippen MR) is 283 cm³/mol. The Labute approximate surface area is 424 Å². The smallest absolute Gasteiger partial charge is 0.333 e. The van der Waals surface area contributed by atoms with Gasteiger partial charge in [0.2, 0.25) is 11.8 Å². The summed E-state index contributed by atoms with van der Waals surface area (Å²) in [4.78, 5) is 85.6. The van der Waals surface area contributed by atoms with Gasteiger partial charge >= 0.3 is 11.9 Å². The van der Waals surface area contributed by atoms with Crippen molar-refractivity contribution in [3.05, 3.63) is 100 Å². The van der Waals surface area contributed by atoms with E-state index < -0.39 is 0 Å². The molecule has 0 aliphatic carbocycles. The standard InChI is InChI=1S/C11H22N2O2.C10H16N2O2.C10H20N2O2.C9H14N2O2.C6H8N2.C5H6N2/c1-9(2)11(14)15-10(7-12(3)4)8-13(5)6;1-8(2)9(13)4-3-5-12-6-10(14)11-7-12;1-6-10(13)14-9(7-11(2)3)8-12(4)5;1-2-8(12)4-3-5-11-6-9(13)10-7-11;1-6(2)8-4-3-7-5-8;1-2-7-4-3-6-5-7/h10H,1,7-8H2,2-6H3;1,3-7H2,2H3,(H,11,14);6,9H,1,7-8H2,2-5H3;2H,1,3-7H2,(H,10,13);3-5H,1H2,2H3;2-5H,1H2. The summed E-state index contributed by atoms with van der Waals surface area (Å²) in [5, 5.41) is 5.42. The fraction of sp³-hybridized carbons (Fsp3) is 0.529. The number of likely N-dealkylation sites (N-methyl/N-ethyl adjacent to an activating group) is 4. The number of ether oxygens (including phenoxy) is 2. The largest absolute Gasteiger partial charge is 0.456 e. The van der Waals surface area contributed by atoms with E-state index in [0.717, 1.165) is 57.8 Å². The normalized spacial score (nSPS) is 12.9. The highest BCUT2D eigenvalue weighted by Crippen LogP contribution is 2.04. The lowest BCUT2D eigenvalue weighted by Gasteiger charge is -2.24. The molecule has 0 atom stereocenters. The van der Waals surface area contributed by atoms with Crippen molar-refractivity contribution in [1.29, 1.82) is 0 Å². The Morgan fingerprint density at radius 3 is 1.41 bits per heavy atom. The van der Waals surface area contributed by atoms with Crippen LogP contribution in [0.3, 0.4) is 0 Å². The molecule has 20 nitrogen and oxygen atoms in total. The molecule has 2 aliphatic heterocycles. The van der Waals surface area contributed by atoms with Gasteiger partial charge in [-0.1, -0.05) is 39.5 Å². The number of allylic oxidation sites excluding steroid dienone is 3. The van der Waals surface area contributed by atoms with Gasteiger partial charge in [0.25, 0.3) is 0 Å². The third-order valence-corrected chi connectivity index (χ3v) is 9.24. The monoisotopic (exact) mass is 995 g/mol. The molecule has 2 amide bonds. The molecule has 398 valence electrons. The number of hydrogen-bond acceptors (Lipinski definition) is 16. The summed E-state index contributed by atoms with van der Waals surface area (Å²) >= 11 is 0. The molecule has 4 rings (SSSR count). The summed E-state index contributed by atoms with van der Waals surface area (Å²) in [6.45, 7) is 33.1. The van der Waals surface area contributed by atoms with Gasteiger partial charge in [0, 0.05) is 100 Å². The Morgan fingerprint density at radius 2 is 1.11 bits per heavy atom. The Morgan fingerprint density at radius 1 is 0.662 bits per heavy atom. The molecule has 2 aromatic heterocycles. The van der Waals surface area contributed by atoms with Crippen LogP contribution in [0.15, 0.2) is 100 Å². The number of amides is 2. The Bertz CT molecular complexity index is 1910. The molecule has 0 aromatic carbocycles. The van der Waals surface area contributed by atoms with Crippen LogP contribution in [-0.4, -0.2) is 218 Å². The highest BCUT2D eigenvalue weighted by molar-refractivity contribution is 5.94. The van der Waals surface area contributed by atoms with Crippen LogP contribution in [0.5, 0.6) is 0 Å². The molecule has 20 heteroatoms. The van der Waals surface area contributed by atoms with Crippen molar-refractivity contribution in [2.45, 2.75) is 58.7 Å². The van der Waals surface area contributed by atoms with E-state index in [9.17, 15) is 28.8 Å². The van der Waals surface area contributed by atoms with E-state index >= 15 is 0 Å². The summed E-state index contributed by atoms with van der Waals surface area (Å²) in [6.07, 6.45) is 17.2. The zero-order valence-corrected chi connectivity index (χ0v) is 44.7. The van der Waals surface area contributed by atoms with E-state index in [2.05, 4.69) is 60.1 Å². The Kier molecular flexibility index (Phi) is 37.3. The minimum absolute atomic E-state index is 0.0649. The molecule has 0 unspecified atom stereocenters. The van der Waals surface area contributed by atoms with Crippen LogP contribution in [0.4, 0.5) is 0 Å². The maximum atomic E-state index is 11.4. The lowest BCUT2D eigenvalue weighted by molar-refractivity contribution is -0.146. The second-order valence-corrected chi connectivity index (χ2v) is 17.7. The molecule has 2 N–H and O–H groups in total. The van der Waals surface area contributed by atoms with Crippen LogP contribution < -0.4 is 10.6 Å². The first kappa shape index (κ1) is 66.9. The average Bonchev–Trinajstić information content (AvgIpc) is 4.14. The van der Waals surface area contributed by atoms with Crippen molar-refractivity contribution in [2.75, 3.05) is 122 Å². The van der Waals surface area contributed by atoms with Crippen molar-refractivity contribution >= 4 is 47.2 Å². The molecule has 0 saturated carbocycles. The number of carbonyl (C=O) groups is 6. The number of Topliss-reactive ketones (excluding diaryl/α,β-unsaturated/α-hetero) is 1. The summed E-state index contributed by atoms with van der Waals surface area (Å²) in [5.74, 6) is -0.365.